The minimum atomic E-state index is -1.18. The van der Waals surface area contributed by atoms with E-state index in [9.17, 15) is 14.7 Å². The molecule has 4 rings (SSSR count). The van der Waals surface area contributed by atoms with E-state index in [1.54, 1.807) is 12.1 Å². The number of anilines is 1. The third-order valence-electron chi connectivity index (χ3n) is 4.74. The molecule has 0 aliphatic heterocycles. The standard InChI is InChI=1S/C21H18N2O4S/c1-3-23(4-2)12-9-10-13-15(11-12)27-21(26)18(17(13)20(24)25)19-22-14-7-5-6-8-16(14)28-19/h5-11H,3-4H2,1-2H3,(H,24,25). The zero-order valence-electron chi connectivity index (χ0n) is 15.4. The number of aromatic nitrogens is 1. The average Bonchev–Trinajstić information content (AvgIpc) is 3.11. The summed E-state index contributed by atoms with van der Waals surface area (Å²) >= 11 is 1.28. The van der Waals surface area contributed by atoms with Gasteiger partial charge in [0.15, 0.2) is 0 Å². The number of rotatable bonds is 5. The molecule has 1 N–H and O–H groups in total. The highest BCUT2D eigenvalue weighted by Gasteiger charge is 2.24. The molecule has 0 amide bonds. The van der Waals surface area contributed by atoms with Gasteiger partial charge in [-0.05, 0) is 38.1 Å². The number of fused-ring (bicyclic) bond motifs is 2. The average molecular weight is 394 g/mol. The van der Waals surface area contributed by atoms with E-state index in [4.69, 9.17) is 4.42 Å². The highest BCUT2D eigenvalue weighted by Crippen LogP contribution is 2.34. The molecule has 0 aliphatic carbocycles. The highest BCUT2D eigenvalue weighted by atomic mass is 32.1. The maximum Gasteiger partial charge on any atom is 0.347 e. The number of hydrogen-bond acceptors (Lipinski definition) is 6. The summed E-state index contributed by atoms with van der Waals surface area (Å²) in [6.07, 6.45) is 0. The van der Waals surface area contributed by atoms with Gasteiger partial charge in [0.2, 0.25) is 0 Å². The zero-order valence-corrected chi connectivity index (χ0v) is 16.2. The Morgan fingerprint density at radius 2 is 1.93 bits per heavy atom. The number of carboxylic acid groups (broad SMARTS) is 1. The van der Waals surface area contributed by atoms with Gasteiger partial charge in [-0.25, -0.2) is 14.6 Å². The van der Waals surface area contributed by atoms with Crippen LogP contribution in [0.5, 0.6) is 0 Å². The molecule has 0 aliphatic rings. The van der Waals surface area contributed by atoms with Gasteiger partial charge < -0.3 is 14.4 Å². The molecular weight excluding hydrogens is 376 g/mol. The lowest BCUT2D eigenvalue weighted by molar-refractivity contribution is 0.0699. The minimum absolute atomic E-state index is 0.00297. The van der Waals surface area contributed by atoms with Crippen LogP contribution in [0.25, 0.3) is 31.8 Å². The first-order valence-electron chi connectivity index (χ1n) is 8.98. The first kappa shape index (κ1) is 18.2. The highest BCUT2D eigenvalue weighted by molar-refractivity contribution is 7.21. The second-order valence-corrected chi connectivity index (χ2v) is 7.31. The molecule has 0 saturated carbocycles. The van der Waals surface area contributed by atoms with Crippen LogP contribution < -0.4 is 10.5 Å². The Morgan fingerprint density at radius 3 is 2.61 bits per heavy atom. The summed E-state index contributed by atoms with van der Waals surface area (Å²) in [5, 5.41) is 10.6. The molecule has 7 heteroatoms. The lowest BCUT2D eigenvalue weighted by atomic mass is 10.0. The van der Waals surface area contributed by atoms with Crippen molar-refractivity contribution in [1.82, 2.24) is 4.98 Å². The van der Waals surface area contributed by atoms with Gasteiger partial charge in [0, 0.05) is 30.2 Å². The quantitative estimate of drug-likeness (QED) is 0.498. The Morgan fingerprint density at radius 1 is 1.18 bits per heavy atom. The number of thiazole rings is 1. The largest absolute Gasteiger partial charge is 0.478 e. The van der Waals surface area contributed by atoms with E-state index in [0.29, 0.717) is 10.4 Å². The number of carboxylic acids is 1. The third-order valence-corrected chi connectivity index (χ3v) is 5.80. The molecule has 0 fully saturated rings. The smallest absolute Gasteiger partial charge is 0.347 e. The molecule has 0 unspecified atom stereocenters. The number of para-hydroxylation sites is 1. The minimum Gasteiger partial charge on any atom is -0.478 e. The van der Waals surface area contributed by atoms with Gasteiger partial charge in [-0.1, -0.05) is 12.1 Å². The van der Waals surface area contributed by atoms with Crippen LogP contribution in [0.1, 0.15) is 24.2 Å². The predicted octanol–water partition coefficient (Wildman–Crippen LogP) is 4.61. The second-order valence-electron chi connectivity index (χ2n) is 6.28. The van der Waals surface area contributed by atoms with Crippen molar-refractivity contribution < 1.29 is 14.3 Å². The number of hydrogen-bond donors (Lipinski definition) is 1. The predicted molar refractivity (Wildman–Crippen MR) is 112 cm³/mol. The van der Waals surface area contributed by atoms with E-state index < -0.39 is 11.6 Å². The van der Waals surface area contributed by atoms with E-state index >= 15 is 0 Å². The molecular formula is C21H18N2O4S. The molecule has 4 aromatic rings. The van der Waals surface area contributed by atoms with E-state index in [1.807, 2.05) is 44.2 Å². The molecule has 2 heterocycles. The monoisotopic (exact) mass is 394 g/mol. The SMILES string of the molecule is CCN(CC)c1ccc2c(C(=O)O)c(-c3nc4ccccc4s3)c(=O)oc2c1. The van der Waals surface area contributed by atoms with E-state index in [1.165, 1.54) is 11.3 Å². The van der Waals surface area contributed by atoms with Gasteiger partial charge >= 0.3 is 11.6 Å². The summed E-state index contributed by atoms with van der Waals surface area (Å²) in [6, 6.07) is 12.7. The molecule has 6 nitrogen and oxygen atoms in total. The topological polar surface area (TPSA) is 83.6 Å². The fourth-order valence-electron chi connectivity index (χ4n) is 3.37. The van der Waals surface area contributed by atoms with Gasteiger partial charge in [-0.3, -0.25) is 0 Å². The molecule has 0 radical (unpaired) electrons. The van der Waals surface area contributed by atoms with Gasteiger partial charge in [0.1, 0.15) is 16.2 Å². The van der Waals surface area contributed by atoms with Gasteiger partial charge in [-0.2, -0.15) is 0 Å². The van der Waals surface area contributed by atoms with Crippen LogP contribution in [0.4, 0.5) is 5.69 Å². The summed E-state index contributed by atoms with van der Waals surface area (Å²) in [7, 11) is 0. The van der Waals surface area contributed by atoms with Crippen LogP contribution in [0, 0.1) is 0 Å². The third kappa shape index (κ3) is 2.93. The van der Waals surface area contributed by atoms with Gasteiger partial charge in [0.25, 0.3) is 0 Å². The summed E-state index contributed by atoms with van der Waals surface area (Å²) in [4.78, 5) is 31.4. The van der Waals surface area contributed by atoms with Crippen molar-refractivity contribution in [1.29, 1.82) is 0 Å². The fraction of sp³-hybridized carbons (Fsp3) is 0.190. The summed E-state index contributed by atoms with van der Waals surface area (Å²) in [5.74, 6) is -1.18. The van der Waals surface area contributed by atoms with Crippen molar-refractivity contribution in [2.75, 3.05) is 18.0 Å². The van der Waals surface area contributed by atoms with Crippen LogP contribution in [0.15, 0.2) is 51.7 Å². The molecule has 0 atom stereocenters. The Labute approximate surface area is 164 Å². The Bertz CT molecular complexity index is 1220. The number of aromatic carboxylic acids is 1. The molecule has 2 aromatic heterocycles. The Balaban J connectivity index is 2.00. The lowest BCUT2D eigenvalue weighted by Gasteiger charge is -2.21. The number of nitrogens with zero attached hydrogens (tertiary/aromatic N) is 2. The van der Waals surface area contributed by atoms with Crippen LogP contribution >= 0.6 is 11.3 Å². The maximum absolute atomic E-state index is 12.8. The number of carbonyl (C=O) groups is 1. The van der Waals surface area contributed by atoms with E-state index in [2.05, 4.69) is 9.88 Å². The van der Waals surface area contributed by atoms with Crippen LogP contribution in [0.2, 0.25) is 0 Å². The molecule has 0 saturated heterocycles. The summed E-state index contributed by atoms with van der Waals surface area (Å²) in [6.45, 7) is 5.65. The van der Waals surface area contributed by atoms with Crippen molar-refractivity contribution in [3.05, 3.63) is 58.4 Å². The lowest BCUT2D eigenvalue weighted by Crippen LogP contribution is -2.21. The van der Waals surface area contributed by atoms with Crippen LogP contribution in [-0.2, 0) is 0 Å². The van der Waals surface area contributed by atoms with Crippen molar-refractivity contribution >= 4 is 44.2 Å². The Kier molecular flexibility index (Phi) is 4.60. The van der Waals surface area contributed by atoms with E-state index in [0.717, 1.165) is 29.0 Å². The molecule has 142 valence electrons. The van der Waals surface area contributed by atoms with Crippen molar-refractivity contribution in [2.24, 2.45) is 0 Å². The number of benzene rings is 2. The fourth-order valence-corrected chi connectivity index (χ4v) is 4.38. The van der Waals surface area contributed by atoms with Crippen molar-refractivity contribution in [3.8, 4) is 10.6 Å². The molecule has 2 aromatic carbocycles. The first-order chi connectivity index (χ1) is 13.5. The van der Waals surface area contributed by atoms with Crippen molar-refractivity contribution in [3.63, 3.8) is 0 Å². The normalized spacial score (nSPS) is 11.2. The second kappa shape index (κ2) is 7.09. The van der Waals surface area contributed by atoms with Crippen LogP contribution in [0.3, 0.4) is 0 Å². The van der Waals surface area contributed by atoms with Crippen LogP contribution in [-0.4, -0.2) is 29.1 Å². The first-order valence-corrected chi connectivity index (χ1v) is 9.80. The maximum atomic E-state index is 12.8. The van der Waals surface area contributed by atoms with Gasteiger partial charge in [-0.15, -0.1) is 11.3 Å². The Hall–Kier alpha value is -3.19. The molecule has 0 spiro atoms. The summed E-state index contributed by atoms with van der Waals surface area (Å²) in [5.41, 5.74) is 1.09. The zero-order chi connectivity index (χ0) is 19.8. The van der Waals surface area contributed by atoms with Crippen molar-refractivity contribution in [2.45, 2.75) is 13.8 Å². The molecule has 28 heavy (non-hydrogen) atoms. The van der Waals surface area contributed by atoms with Gasteiger partial charge in [0.05, 0.1) is 15.8 Å². The van der Waals surface area contributed by atoms with E-state index in [-0.39, 0.29) is 16.7 Å². The summed E-state index contributed by atoms with van der Waals surface area (Å²) < 4.78 is 6.41. The molecule has 0 bridgehead atoms.